The molecule has 5 nitrogen and oxygen atoms in total. The smallest absolute Gasteiger partial charge is 0.227 e. The second kappa shape index (κ2) is 8.26. The lowest BCUT2D eigenvalue weighted by atomic mass is 10.1. The number of hydrogen-bond acceptors (Lipinski definition) is 5. The van der Waals surface area contributed by atoms with E-state index in [0.717, 1.165) is 61.2 Å². The number of carbonyl (C=O) groups excluding carboxylic acids is 1. The van der Waals surface area contributed by atoms with Crippen molar-refractivity contribution in [1.29, 1.82) is 0 Å². The Kier molecular flexibility index (Phi) is 5.82. The van der Waals surface area contributed by atoms with Gasteiger partial charge < -0.3 is 15.0 Å². The van der Waals surface area contributed by atoms with E-state index in [1.54, 1.807) is 11.3 Å². The summed E-state index contributed by atoms with van der Waals surface area (Å²) >= 11 is 1.60. The number of ether oxygens (including phenoxy) is 1. The topological polar surface area (TPSA) is 54.5 Å². The third-order valence-corrected chi connectivity index (χ3v) is 4.78. The number of hydrogen-bond donors (Lipinski definition) is 1. The monoisotopic (exact) mass is 345 g/mol. The second-order valence-corrected chi connectivity index (χ2v) is 6.57. The molecule has 2 aromatic rings. The summed E-state index contributed by atoms with van der Waals surface area (Å²) in [5.41, 5.74) is 2.96. The highest BCUT2D eigenvalue weighted by Gasteiger charge is 2.21. The molecule has 1 fully saturated rings. The summed E-state index contributed by atoms with van der Waals surface area (Å²) in [4.78, 5) is 18.4. The molecule has 0 unspecified atom stereocenters. The Morgan fingerprint density at radius 1 is 1.42 bits per heavy atom. The zero-order valence-electron chi connectivity index (χ0n) is 14.0. The number of nitrogens with one attached hydrogen (secondary N) is 1. The summed E-state index contributed by atoms with van der Waals surface area (Å²) in [6.07, 6.45) is 2.56. The number of aromatic nitrogens is 1. The van der Waals surface area contributed by atoms with E-state index in [-0.39, 0.29) is 5.91 Å². The highest BCUT2D eigenvalue weighted by molar-refractivity contribution is 7.14. The van der Waals surface area contributed by atoms with Crippen molar-refractivity contribution in [2.45, 2.75) is 26.2 Å². The lowest BCUT2D eigenvalue weighted by Crippen LogP contribution is -2.23. The van der Waals surface area contributed by atoms with Gasteiger partial charge in [0.05, 0.1) is 5.69 Å². The Labute approximate surface area is 146 Å². The Hall–Kier alpha value is -1.92. The zero-order valence-corrected chi connectivity index (χ0v) is 14.8. The minimum Gasteiger partial charge on any atom is -0.382 e. The Morgan fingerprint density at radius 2 is 2.33 bits per heavy atom. The van der Waals surface area contributed by atoms with Gasteiger partial charge in [-0.3, -0.25) is 4.79 Å². The molecule has 0 saturated carbocycles. The summed E-state index contributed by atoms with van der Waals surface area (Å²) in [5.74, 6) is 0.210. The van der Waals surface area contributed by atoms with Crippen molar-refractivity contribution in [3.05, 3.63) is 29.6 Å². The average molecular weight is 345 g/mol. The van der Waals surface area contributed by atoms with E-state index in [1.165, 1.54) is 0 Å². The highest BCUT2D eigenvalue weighted by Crippen LogP contribution is 2.29. The maximum Gasteiger partial charge on any atom is 0.227 e. The molecule has 24 heavy (non-hydrogen) atoms. The first kappa shape index (κ1) is 16.9. The molecule has 0 bridgehead atoms. The minimum atomic E-state index is 0.210. The highest BCUT2D eigenvalue weighted by atomic mass is 32.1. The van der Waals surface area contributed by atoms with Crippen LogP contribution in [-0.4, -0.2) is 37.2 Å². The van der Waals surface area contributed by atoms with Gasteiger partial charge in [0.1, 0.15) is 0 Å². The van der Waals surface area contributed by atoms with E-state index >= 15 is 0 Å². The van der Waals surface area contributed by atoms with Crippen LogP contribution in [0.2, 0.25) is 0 Å². The fraction of sp³-hybridized carbons (Fsp3) is 0.444. The fourth-order valence-electron chi connectivity index (χ4n) is 2.76. The summed E-state index contributed by atoms with van der Waals surface area (Å²) < 4.78 is 5.33. The van der Waals surface area contributed by atoms with Crippen LogP contribution in [0.3, 0.4) is 0 Å². The van der Waals surface area contributed by atoms with E-state index in [1.807, 2.05) is 30.0 Å². The summed E-state index contributed by atoms with van der Waals surface area (Å²) in [7, 11) is 0. The maximum absolute atomic E-state index is 11.9. The summed E-state index contributed by atoms with van der Waals surface area (Å²) in [5, 5.41) is 6.31. The molecule has 0 spiro atoms. The van der Waals surface area contributed by atoms with E-state index in [9.17, 15) is 4.79 Å². The van der Waals surface area contributed by atoms with Gasteiger partial charge in [-0.1, -0.05) is 12.1 Å². The fourth-order valence-corrected chi connectivity index (χ4v) is 3.50. The third-order valence-electron chi connectivity index (χ3n) is 3.98. The van der Waals surface area contributed by atoms with Crippen LogP contribution in [0.1, 0.15) is 26.2 Å². The molecule has 3 rings (SSSR count). The molecule has 128 valence electrons. The Balaban J connectivity index is 1.63. The van der Waals surface area contributed by atoms with Gasteiger partial charge in [0.25, 0.3) is 0 Å². The van der Waals surface area contributed by atoms with Crippen molar-refractivity contribution < 1.29 is 9.53 Å². The van der Waals surface area contributed by atoms with Gasteiger partial charge in [0.2, 0.25) is 5.91 Å². The molecule has 1 aliphatic rings. The number of anilines is 2. The quantitative estimate of drug-likeness (QED) is 0.740. The first-order chi connectivity index (χ1) is 11.8. The van der Waals surface area contributed by atoms with Gasteiger partial charge in [-0.2, -0.15) is 0 Å². The Morgan fingerprint density at radius 3 is 3.12 bits per heavy atom. The molecular weight excluding hydrogens is 322 g/mol. The number of amides is 1. The van der Waals surface area contributed by atoms with Crippen LogP contribution in [0.15, 0.2) is 29.6 Å². The number of nitrogens with zero attached hydrogens (tertiary/aromatic N) is 2. The number of rotatable bonds is 8. The van der Waals surface area contributed by atoms with E-state index in [2.05, 4.69) is 21.7 Å². The van der Waals surface area contributed by atoms with Gasteiger partial charge >= 0.3 is 0 Å². The maximum atomic E-state index is 11.9. The van der Waals surface area contributed by atoms with Crippen LogP contribution in [0, 0.1) is 0 Å². The number of carbonyl (C=O) groups is 1. The molecule has 1 aromatic carbocycles. The molecule has 2 heterocycles. The van der Waals surface area contributed by atoms with Gasteiger partial charge in [-0.05, 0) is 31.9 Å². The molecular formula is C18H23N3O2S. The van der Waals surface area contributed by atoms with Gasteiger partial charge in [0.15, 0.2) is 5.13 Å². The Bertz CT molecular complexity index is 686. The molecule has 1 amide bonds. The second-order valence-electron chi connectivity index (χ2n) is 5.71. The van der Waals surface area contributed by atoms with Crippen molar-refractivity contribution in [1.82, 2.24) is 4.98 Å². The molecule has 0 atom stereocenters. The van der Waals surface area contributed by atoms with Crippen LogP contribution in [0.5, 0.6) is 0 Å². The largest absolute Gasteiger partial charge is 0.382 e. The van der Waals surface area contributed by atoms with E-state index < -0.39 is 0 Å². The van der Waals surface area contributed by atoms with Gasteiger partial charge in [-0.15, -0.1) is 11.3 Å². The van der Waals surface area contributed by atoms with E-state index in [4.69, 9.17) is 4.74 Å². The molecule has 0 radical (unpaired) electrons. The van der Waals surface area contributed by atoms with Crippen molar-refractivity contribution in [2.75, 3.05) is 36.5 Å². The molecule has 1 N–H and O–H groups in total. The van der Waals surface area contributed by atoms with Crippen molar-refractivity contribution in [3.63, 3.8) is 0 Å². The molecule has 1 aliphatic heterocycles. The van der Waals surface area contributed by atoms with Crippen LogP contribution in [-0.2, 0) is 9.53 Å². The average Bonchev–Trinajstić information content (AvgIpc) is 3.24. The lowest BCUT2D eigenvalue weighted by Gasteiger charge is -2.16. The zero-order chi connectivity index (χ0) is 16.8. The van der Waals surface area contributed by atoms with E-state index in [0.29, 0.717) is 6.42 Å². The first-order valence-electron chi connectivity index (χ1n) is 8.46. The predicted octanol–water partition coefficient (Wildman–Crippen LogP) is 3.78. The van der Waals surface area contributed by atoms with Crippen LogP contribution in [0.4, 0.5) is 10.8 Å². The summed E-state index contributed by atoms with van der Waals surface area (Å²) in [6.45, 7) is 5.20. The van der Waals surface area contributed by atoms with Crippen LogP contribution < -0.4 is 10.2 Å². The normalized spacial score (nSPS) is 14.4. The molecule has 1 saturated heterocycles. The number of benzene rings is 1. The van der Waals surface area contributed by atoms with Crippen molar-refractivity contribution >= 4 is 28.1 Å². The number of thiazole rings is 1. The van der Waals surface area contributed by atoms with Crippen molar-refractivity contribution in [2.24, 2.45) is 0 Å². The van der Waals surface area contributed by atoms with Gasteiger partial charge in [-0.25, -0.2) is 4.98 Å². The lowest BCUT2D eigenvalue weighted by molar-refractivity contribution is -0.117. The summed E-state index contributed by atoms with van der Waals surface area (Å²) in [6, 6.07) is 8.08. The minimum absolute atomic E-state index is 0.210. The molecule has 1 aromatic heterocycles. The van der Waals surface area contributed by atoms with Crippen LogP contribution in [0.25, 0.3) is 11.3 Å². The SMILES string of the molecule is CCOCCCNc1nc(-c2cccc(N3CCCC3=O)c2)cs1. The van der Waals surface area contributed by atoms with Crippen LogP contribution >= 0.6 is 11.3 Å². The molecule has 6 heteroatoms. The predicted molar refractivity (Wildman–Crippen MR) is 98.7 cm³/mol. The third kappa shape index (κ3) is 4.13. The molecule has 0 aliphatic carbocycles. The standard InChI is InChI=1S/C18H23N3O2S/c1-2-23-11-5-9-19-18-20-16(13-24-18)14-6-3-7-15(12-14)21-10-4-8-17(21)22/h3,6-7,12-13H,2,4-5,8-11H2,1H3,(H,19,20). The van der Waals surface area contributed by atoms with Crippen molar-refractivity contribution in [3.8, 4) is 11.3 Å². The van der Waals surface area contributed by atoms with Gasteiger partial charge in [0, 0.05) is 49.4 Å². The first-order valence-corrected chi connectivity index (χ1v) is 9.34.